The first-order valence-electron chi connectivity index (χ1n) is 3.15. The zero-order valence-corrected chi connectivity index (χ0v) is 8.10. The van der Waals surface area contributed by atoms with Crippen molar-refractivity contribution in [1.82, 2.24) is 9.62 Å². The molecule has 1 N–H and O–H groups in total. The van der Waals surface area contributed by atoms with E-state index < -0.39 is 10.0 Å². The quantitative estimate of drug-likeness (QED) is 0.654. The number of carbonyl (C=O) groups is 1. The van der Waals surface area contributed by atoms with Crippen LogP contribution in [0.2, 0.25) is 0 Å². The summed E-state index contributed by atoms with van der Waals surface area (Å²) in [6, 6.07) is 0. The number of nitrogens with one attached hydrogen (secondary N) is 1. The van der Waals surface area contributed by atoms with Crippen LogP contribution in [0.3, 0.4) is 0 Å². The summed E-state index contributed by atoms with van der Waals surface area (Å²) in [7, 11) is -2.02. The Morgan fingerprint density at radius 3 is 2.17 bits per heavy atom. The van der Waals surface area contributed by atoms with Gasteiger partial charge in [0.25, 0.3) is 0 Å². The second-order valence-corrected chi connectivity index (χ2v) is 4.37. The van der Waals surface area contributed by atoms with Crippen molar-refractivity contribution in [1.29, 1.82) is 0 Å². The molecule has 6 heteroatoms. The second-order valence-electron chi connectivity index (χ2n) is 2.36. The molecule has 0 atom stereocenters. The first-order chi connectivity index (χ1) is 5.25. The van der Waals surface area contributed by atoms with Gasteiger partial charge < -0.3 is 5.32 Å². The molecular weight excluding hydrogens is 180 g/mol. The highest BCUT2D eigenvalue weighted by molar-refractivity contribution is 7.88. The van der Waals surface area contributed by atoms with Gasteiger partial charge in [0.15, 0.2) is 0 Å². The highest BCUT2D eigenvalue weighted by atomic mass is 32.2. The molecule has 0 aliphatic rings. The van der Waals surface area contributed by atoms with Crippen LogP contribution >= 0.6 is 0 Å². The van der Waals surface area contributed by atoms with E-state index in [0.29, 0.717) is 0 Å². The lowest BCUT2D eigenvalue weighted by Crippen LogP contribution is -2.34. The van der Waals surface area contributed by atoms with Crippen LogP contribution in [-0.4, -0.2) is 31.9 Å². The van der Waals surface area contributed by atoms with Crippen LogP contribution in [-0.2, 0) is 14.8 Å². The SMILES string of the molecule is C=C(NC(C)=O)N(C)S(C)(=O)=O. The number of hydrogen-bond acceptors (Lipinski definition) is 3. The molecule has 0 aliphatic heterocycles. The Bertz CT molecular complexity index is 294. The van der Waals surface area contributed by atoms with Gasteiger partial charge in [-0.3, -0.25) is 9.10 Å². The minimum atomic E-state index is -3.33. The number of amides is 1. The summed E-state index contributed by atoms with van der Waals surface area (Å²) in [6.45, 7) is 4.66. The van der Waals surface area contributed by atoms with E-state index in [0.717, 1.165) is 10.6 Å². The van der Waals surface area contributed by atoms with E-state index in [9.17, 15) is 13.2 Å². The number of hydrogen-bond donors (Lipinski definition) is 1. The van der Waals surface area contributed by atoms with Gasteiger partial charge in [-0.2, -0.15) is 0 Å². The second kappa shape index (κ2) is 3.57. The molecule has 12 heavy (non-hydrogen) atoms. The van der Waals surface area contributed by atoms with Gasteiger partial charge in [0.05, 0.1) is 6.26 Å². The molecular formula is C6H12N2O3S. The van der Waals surface area contributed by atoms with E-state index >= 15 is 0 Å². The molecule has 0 aromatic heterocycles. The molecule has 0 saturated carbocycles. The van der Waals surface area contributed by atoms with Crippen molar-refractivity contribution in [3.8, 4) is 0 Å². The lowest BCUT2D eigenvalue weighted by Gasteiger charge is -2.18. The van der Waals surface area contributed by atoms with Crippen molar-refractivity contribution < 1.29 is 13.2 Å². The van der Waals surface area contributed by atoms with E-state index in [4.69, 9.17) is 0 Å². The third-order valence-electron chi connectivity index (χ3n) is 1.20. The maximum absolute atomic E-state index is 10.9. The summed E-state index contributed by atoms with van der Waals surface area (Å²) in [5.74, 6) is -0.305. The van der Waals surface area contributed by atoms with Gasteiger partial charge in [0.1, 0.15) is 5.82 Å². The van der Waals surface area contributed by atoms with E-state index in [-0.39, 0.29) is 11.7 Å². The number of carbonyl (C=O) groups excluding carboxylic acids is 1. The van der Waals surface area contributed by atoms with Crippen LogP contribution in [0.15, 0.2) is 12.4 Å². The van der Waals surface area contributed by atoms with Gasteiger partial charge in [0.2, 0.25) is 15.9 Å². The molecule has 0 rings (SSSR count). The summed E-state index contributed by atoms with van der Waals surface area (Å²) in [6.07, 6.45) is 1.03. The van der Waals surface area contributed by atoms with Gasteiger partial charge >= 0.3 is 0 Å². The summed E-state index contributed by atoms with van der Waals surface area (Å²) in [5, 5.41) is 2.26. The molecule has 0 aromatic rings. The average Bonchev–Trinajstić information content (AvgIpc) is 1.82. The zero-order valence-electron chi connectivity index (χ0n) is 7.29. The molecule has 0 saturated heterocycles. The molecule has 0 bridgehead atoms. The molecule has 1 amide bonds. The third-order valence-corrected chi connectivity index (χ3v) is 2.41. The van der Waals surface area contributed by atoms with Crippen LogP contribution in [0.25, 0.3) is 0 Å². The van der Waals surface area contributed by atoms with Gasteiger partial charge in [-0.15, -0.1) is 0 Å². The minimum Gasteiger partial charge on any atom is -0.312 e. The van der Waals surface area contributed by atoms with Crippen LogP contribution in [0.5, 0.6) is 0 Å². The van der Waals surface area contributed by atoms with Gasteiger partial charge in [-0.1, -0.05) is 6.58 Å². The smallest absolute Gasteiger partial charge is 0.233 e. The Balaban J connectivity index is 4.42. The summed E-state index contributed by atoms with van der Waals surface area (Å²) in [5.41, 5.74) is 0. The first-order valence-corrected chi connectivity index (χ1v) is 5.00. The van der Waals surface area contributed by atoms with Crippen molar-refractivity contribution in [3.05, 3.63) is 12.4 Å². The lowest BCUT2D eigenvalue weighted by molar-refractivity contribution is -0.118. The van der Waals surface area contributed by atoms with Crippen molar-refractivity contribution in [2.75, 3.05) is 13.3 Å². The van der Waals surface area contributed by atoms with E-state index in [1.54, 1.807) is 0 Å². The predicted molar refractivity (Wildman–Crippen MR) is 45.6 cm³/mol. The van der Waals surface area contributed by atoms with Crippen molar-refractivity contribution >= 4 is 15.9 Å². The number of sulfonamides is 1. The van der Waals surface area contributed by atoms with Crippen molar-refractivity contribution in [3.63, 3.8) is 0 Å². The van der Waals surface area contributed by atoms with Gasteiger partial charge in [-0.05, 0) is 0 Å². The fourth-order valence-electron chi connectivity index (χ4n) is 0.482. The van der Waals surface area contributed by atoms with E-state index in [2.05, 4.69) is 11.9 Å². The molecule has 70 valence electrons. The highest BCUT2D eigenvalue weighted by Crippen LogP contribution is 1.99. The predicted octanol–water partition coefficient (Wildman–Crippen LogP) is -0.515. The van der Waals surface area contributed by atoms with Crippen LogP contribution in [0, 0.1) is 0 Å². The molecule has 0 spiro atoms. The van der Waals surface area contributed by atoms with Crippen molar-refractivity contribution in [2.24, 2.45) is 0 Å². The molecule has 0 heterocycles. The fourth-order valence-corrected chi connectivity index (χ4v) is 0.928. The van der Waals surface area contributed by atoms with Crippen LogP contribution < -0.4 is 5.32 Å². The Morgan fingerprint density at radius 1 is 1.50 bits per heavy atom. The summed E-state index contributed by atoms with van der Waals surface area (Å²) in [4.78, 5) is 10.5. The van der Waals surface area contributed by atoms with Gasteiger partial charge in [0, 0.05) is 14.0 Å². The average molecular weight is 192 g/mol. The Hall–Kier alpha value is -1.04. The Morgan fingerprint density at radius 2 is 1.92 bits per heavy atom. The van der Waals surface area contributed by atoms with Crippen LogP contribution in [0.4, 0.5) is 0 Å². The highest BCUT2D eigenvalue weighted by Gasteiger charge is 2.12. The minimum absolute atomic E-state index is 0.0463. The number of rotatable bonds is 3. The summed E-state index contributed by atoms with van der Waals surface area (Å²) < 4.78 is 22.6. The van der Waals surface area contributed by atoms with E-state index in [1.807, 2.05) is 0 Å². The zero-order chi connectivity index (χ0) is 9.94. The molecule has 0 fully saturated rings. The maximum Gasteiger partial charge on any atom is 0.233 e. The molecule has 5 nitrogen and oxygen atoms in total. The standard InChI is InChI=1S/C6H12N2O3S/c1-5(7-6(2)9)8(3)12(4,10)11/h1H2,2-4H3,(H,7,9). The first kappa shape index (κ1) is 11.0. The Kier molecular flexibility index (Phi) is 3.26. The van der Waals surface area contributed by atoms with E-state index in [1.165, 1.54) is 14.0 Å². The fraction of sp³-hybridized carbons (Fsp3) is 0.500. The molecule has 0 radical (unpaired) electrons. The lowest BCUT2D eigenvalue weighted by atomic mass is 10.6. The normalized spacial score (nSPS) is 10.6. The Labute approximate surface area is 72.1 Å². The topological polar surface area (TPSA) is 66.5 Å². The number of nitrogens with zero attached hydrogens (tertiary/aromatic N) is 1. The third kappa shape index (κ3) is 3.38. The monoisotopic (exact) mass is 192 g/mol. The molecule has 0 aromatic carbocycles. The molecule has 0 unspecified atom stereocenters. The van der Waals surface area contributed by atoms with Gasteiger partial charge in [-0.25, -0.2) is 8.42 Å². The van der Waals surface area contributed by atoms with Crippen LogP contribution in [0.1, 0.15) is 6.92 Å². The van der Waals surface area contributed by atoms with Crippen molar-refractivity contribution in [2.45, 2.75) is 6.92 Å². The largest absolute Gasteiger partial charge is 0.312 e. The summed E-state index contributed by atoms with van der Waals surface area (Å²) >= 11 is 0. The maximum atomic E-state index is 10.9. The molecule has 0 aliphatic carbocycles.